The number of aryl methyl sites for hydroxylation is 1. The third kappa shape index (κ3) is 6.80. The van der Waals surface area contributed by atoms with Crippen LogP contribution in [0.25, 0.3) is 11.1 Å². The van der Waals surface area contributed by atoms with Crippen LogP contribution in [0.3, 0.4) is 0 Å². The Labute approximate surface area is 252 Å². The Morgan fingerprint density at radius 2 is 1.56 bits per heavy atom. The molecule has 1 unspecified atom stereocenters. The van der Waals surface area contributed by atoms with E-state index >= 15 is 0 Å². The van der Waals surface area contributed by atoms with Crippen LogP contribution in [-0.2, 0) is 25.9 Å². The van der Waals surface area contributed by atoms with Gasteiger partial charge < -0.3 is 9.80 Å². The molecular weight excluding hydrogens is 621 g/mol. The van der Waals surface area contributed by atoms with Gasteiger partial charge in [-0.05, 0) is 48.2 Å². The summed E-state index contributed by atoms with van der Waals surface area (Å²) in [6.07, 6.45) is -1.05. The molecule has 228 valence electrons. The number of aromatic nitrogens is 6. The molecule has 1 aliphatic rings. The second kappa shape index (κ2) is 11.8. The zero-order valence-corrected chi connectivity index (χ0v) is 24.2. The molecule has 2 atom stereocenters. The molecule has 0 radical (unpaired) electrons. The normalized spacial score (nSPS) is 17.5. The van der Waals surface area contributed by atoms with Crippen LogP contribution in [-0.4, -0.2) is 48.3 Å². The molecule has 8 nitrogen and oxygen atoms in total. The van der Waals surface area contributed by atoms with Gasteiger partial charge in [-0.3, -0.25) is 4.68 Å². The predicted molar refractivity (Wildman–Crippen MR) is 149 cm³/mol. The van der Waals surface area contributed by atoms with Crippen molar-refractivity contribution in [2.75, 3.05) is 16.3 Å². The lowest BCUT2D eigenvalue weighted by Crippen LogP contribution is -2.39. The number of hydrogen-bond donors (Lipinski definition) is 0. The van der Waals surface area contributed by atoms with Gasteiger partial charge in [-0.25, -0.2) is 15.0 Å². The zero-order valence-electron chi connectivity index (χ0n) is 22.7. The lowest BCUT2D eigenvalue weighted by Gasteiger charge is -2.30. The fourth-order valence-corrected chi connectivity index (χ4v) is 5.49. The van der Waals surface area contributed by atoms with Gasteiger partial charge >= 0.3 is 12.4 Å². The minimum absolute atomic E-state index is 0.0208. The van der Waals surface area contributed by atoms with Crippen LogP contribution in [0, 0.1) is 0 Å². The van der Waals surface area contributed by atoms with Crippen molar-refractivity contribution in [3.05, 3.63) is 76.2 Å². The van der Waals surface area contributed by atoms with Gasteiger partial charge in [0, 0.05) is 55.9 Å². The Morgan fingerprint density at radius 1 is 0.907 bits per heavy atom. The van der Waals surface area contributed by atoms with Crippen molar-refractivity contribution in [1.29, 1.82) is 0 Å². The first-order chi connectivity index (χ1) is 20.2. The molecule has 0 aliphatic carbocycles. The molecule has 0 N–H and O–H groups in total. The van der Waals surface area contributed by atoms with E-state index in [-0.39, 0.29) is 47.0 Å². The van der Waals surface area contributed by atoms with Crippen molar-refractivity contribution in [1.82, 2.24) is 29.7 Å². The van der Waals surface area contributed by atoms with Gasteiger partial charge in [0.15, 0.2) is 5.82 Å². The predicted octanol–water partition coefficient (Wildman–Crippen LogP) is 7.08. The van der Waals surface area contributed by atoms with E-state index < -0.39 is 29.5 Å². The number of nitrogens with zero attached hydrogens (tertiary/aromatic N) is 8. The van der Waals surface area contributed by atoms with E-state index in [1.807, 2.05) is 11.8 Å². The summed E-state index contributed by atoms with van der Waals surface area (Å²) < 4.78 is 83.5. The minimum atomic E-state index is -4.98. The molecule has 0 amide bonds. The summed E-state index contributed by atoms with van der Waals surface area (Å²) in [6, 6.07) is 0.980. The molecule has 43 heavy (non-hydrogen) atoms. The van der Waals surface area contributed by atoms with E-state index in [0.29, 0.717) is 24.2 Å². The van der Waals surface area contributed by atoms with E-state index in [0.717, 1.165) is 17.7 Å². The van der Waals surface area contributed by atoms with Gasteiger partial charge in [0.2, 0.25) is 11.2 Å². The molecule has 1 aromatic carbocycles. The van der Waals surface area contributed by atoms with E-state index in [1.54, 1.807) is 29.0 Å². The molecule has 0 saturated carbocycles. The molecule has 1 fully saturated rings. The maximum atomic E-state index is 13.7. The second-order valence-corrected chi connectivity index (χ2v) is 10.9. The lowest BCUT2D eigenvalue weighted by atomic mass is 10.0. The Kier molecular flexibility index (Phi) is 8.45. The molecular formula is C27H24Cl2F6N8. The minimum Gasteiger partial charge on any atom is -0.350 e. The zero-order chi connectivity index (χ0) is 31.1. The lowest BCUT2D eigenvalue weighted by molar-refractivity contribution is -0.143. The SMILES string of the molecule is CC[C@@H]1CC(N(Cc2cc(C(F)(F)F)cc(C(F)(F)F)c2)c2ncc(-c3cnn(C)c3)cn2)CN1c1nc(Cl)ncc1Cl. The van der Waals surface area contributed by atoms with Crippen LogP contribution in [0.5, 0.6) is 0 Å². The summed E-state index contributed by atoms with van der Waals surface area (Å²) >= 11 is 12.4. The Hall–Kier alpha value is -3.65. The van der Waals surface area contributed by atoms with Crippen LogP contribution in [0.15, 0.2) is 49.2 Å². The number of alkyl halides is 6. The average Bonchev–Trinajstić information content (AvgIpc) is 3.58. The highest BCUT2D eigenvalue weighted by atomic mass is 35.5. The summed E-state index contributed by atoms with van der Waals surface area (Å²) in [5.41, 5.74) is -1.62. The Morgan fingerprint density at radius 3 is 2.12 bits per heavy atom. The van der Waals surface area contributed by atoms with Crippen LogP contribution in [0.2, 0.25) is 10.3 Å². The third-order valence-electron chi connectivity index (χ3n) is 7.21. The van der Waals surface area contributed by atoms with Gasteiger partial charge in [-0.1, -0.05) is 18.5 Å². The van der Waals surface area contributed by atoms with Crippen molar-refractivity contribution in [2.24, 2.45) is 7.05 Å². The van der Waals surface area contributed by atoms with Crippen molar-refractivity contribution in [3.8, 4) is 11.1 Å². The number of benzene rings is 1. The molecule has 4 aromatic rings. The number of rotatable bonds is 7. The molecule has 3 aromatic heterocycles. The van der Waals surface area contributed by atoms with Crippen LogP contribution in [0.4, 0.5) is 38.1 Å². The first-order valence-corrected chi connectivity index (χ1v) is 13.8. The summed E-state index contributed by atoms with van der Waals surface area (Å²) in [6.45, 7) is 1.89. The van der Waals surface area contributed by atoms with Crippen molar-refractivity contribution < 1.29 is 26.3 Å². The van der Waals surface area contributed by atoms with Crippen LogP contribution in [0.1, 0.15) is 36.5 Å². The third-order valence-corrected chi connectivity index (χ3v) is 7.66. The topological polar surface area (TPSA) is 75.9 Å². The van der Waals surface area contributed by atoms with Crippen molar-refractivity contribution in [3.63, 3.8) is 0 Å². The number of anilines is 2. The van der Waals surface area contributed by atoms with E-state index in [4.69, 9.17) is 23.2 Å². The molecule has 4 heterocycles. The molecule has 16 heteroatoms. The first kappa shape index (κ1) is 30.8. The van der Waals surface area contributed by atoms with Gasteiger partial charge in [0.1, 0.15) is 5.02 Å². The first-order valence-electron chi connectivity index (χ1n) is 13.0. The highest BCUT2D eigenvalue weighted by Crippen LogP contribution is 2.38. The number of halogens is 8. The average molecular weight is 645 g/mol. The molecule has 0 spiro atoms. The fourth-order valence-electron chi connectivity index (χ4n) is 5.16. The van der Waals surface area contributed by atoms with Crippen molar-refractivity contribution in [2.45, 2.75) is 50.7 Å². The van der Waals surface area contributed by atoms with Crippen molar-refractivity contribution >= 4 is 35.0 Å². The fraction of sp³-hybridized carbons (Fsp3) is 0.370. The Bertz CT molecular complexity index is 1560. The van der Waals surface area contributed by atoms with E-state index in [2.05, 4.69) is 25.0 Å². The van der Waals surface area contributed by atoms with Crippen LogP contribution < -0.4 is 9.80 Å². The number of hydrogen-bond acceptors (Lipinski definition) is 7. The standard InChI is InChI=1S/C27H24Cl2F6N8/c1-3-20-7-21(14-42(20)23-22(28)11-36-24(29)40-23)43(25-37-8-16(9-38-25)17-10-39-41(2)13-17)12-15-4-18(26(30,31)32)6-19(5-15)27(33,34)35/h4-6,8-11,13,20-21H,3,7,12,14H2,1-2H3/t20-,21?/m1/s1. The smallest absolute Gasteiger partial charge is 0.350 e. The van der Waals surface area contributed by atoms with Gasteiger partial charge in [0.25, 0.3) is 0 Å². The molecule has 5 rings (SSSR count). The van der Waals surface area contributed by atoms with E-state index in [9.17, 15) is 26.3 Å². The second-order valence-electron chi connectivity index (χ2n) is 10.1. The molecule has 1 aliphatic heterocycles. The molecule has 1 saturated heterocycles. The monoisotopic (exact) mass is 644 g/mol. The van der Waals surface area contributed by atoms with Crippen LogP contribution >= 0.6 is 23.2 Å². The quantitative estimate of drug-likeness (QED) is 0.157. The van der Waals surface area contributed by atoms with Gasteiger partial charge in [0.05, 0.1) is 29.6 Å². The molecule has 0 bridgehead atoms. The maximum absolute atomic E-state index is 13.7. The summed E-state index contributed by atoms with van der Waals surface area (Å²) in [5, 5.41) is 4.35. The highest BCUT2D eigenvalue weighted by Gasteiger charge is 2.40. The highest BCUT2D eigenvalue weighted by molar-refractivity contribution is 6.33. The maximum Gasteiger partial charge on any atom is 0.416 e. The summed E-state index contributed by atoms with van der Waals surface area (Å²) in [4.78, 5) is 20.6. The Balaban J connectivity index is 1.56. The summed E-state index contributed by atoms with van der Waals surface area (Å²) in [7, 11) is 1.75. The van der Waals surface area contributed by atoms with E-state index in [1.165, 1.54) is 18.6 Å². The van der Waals surface area contributed by atoms with Gasteiger partial charge in [-0.15, -0.1) is 0 Å². The largest absolute Gasteiger partial charge is 0.416 e. The van der Waals surface area contributed by atoms with Gasteiger partial charge in [-0.2, -0.15) is 36.4 Å². The summed E-state index contributed by atoms with van der Waals surface area (Å²) in [5.74, 6) is 0.509.